The standard InChI is InChI=1S/C17H25N7/c1-13(2)23-6-8-24(9-7-23)17-5-4-14(11-19-17)22-16-10-15(18-3)20-12-21-16/h4-5,10-13H,6-9H2,1-3H3,(H2,18,20,21,22). The van der Waals surface area contributed by atoms with Crippen molar-refractivity contribution in [3.05, 3.63) is 30.7 Å². The lowest BCUT2D eigenvalue weighted by atomic mass is 10.2. The Balaban J connectivity index is 1.61. The highest BCUT2D eigenvalue weighted by Gasteiger charge is 2.19. The first kappa shape index (κ1) is 16.4. The molecule has 0 aromatic carbocycles. The molecule has 2 N–H and O–H groups in total. The average Bonchev–Trinajstić information content (AvgIpc) is 2.62. The number of piperazine rings is 1. The van der Waals surface area contributed by atoms with E-state index in [0.717, 1.165) is 49.3 Å². The lowest BCUT2D eigenvalue weighted by Crippen LogP contribution is -2.49. The summed E-state index contributed by atoms with van der Waals surface area (Å²) < 4.78 is 0. The summed E-state index contributed by atoms with van der Waals surface area (Å²) in [6.07, 6.45) is 3.38. The molecule has 0 amide bonds. The van der Waals surface area contributed by atoms with Crippen LogP contribution in [0.4, 0.5) is 23.1 Å². The van der Waals surface area contributed by atoms with E-state index < -0.39 is 0 Å². The molecule has 128 valence electrons. The summed E-state index contributed by atoms with van der Waals surface area (Å²) in [6, 6.07) is 6.58. The van der Waals surface area contributed by atoms with Gasteiger partial charge in [0.05, 0.1) is 11.9 Å². The molecule has 1 saturated heterocycles. The molecule has 0 unspecified atom stereocenters. The van der Waals surface area contributed by atoms with Crippen molar-refractivity contribution >= 4 is 23.1 Å². The van der Waals surface area contributed by atoms with Gasteiger partial charge in [0, 0.05) is 45.3 Å². The topological polar surface area (TPSA) is 69.2 Å². The highest BCUT2D eigenvalue weighted by atomic mass is 15.3. The van der Waals surface area contributed by atoms with Gasteiger partial charge >= 0.3 is 0 Å². The first-order valence-corrected chi connectivity index (χ1v) is 8.37. The SMILES string of the molecule is CNc1cc(Nc2ccc(N3CCN(C(C)C)CC3)nc2)ncn1. The van der Waals surface area contributed by atoms with Gasteiger partial charge in [-0.25, -0.2) is 15.0 Å². The first-order chi connectivity index (χ1) is 11.7. The summed E-state index contributed by atoms with van der Waals surface area (Å²) in [5, 5.41) is 6.25. The highest BCUT2D eigenvalue weighted by Crippen LogP contribution is 2.19. The predicted molar refractivity (Wildman–Crippen MR) is 98.0 cm³/mol. The summed E-state index contributed by atoms with van der Waals surface area (Å²) in [7, 11) is 1.83. The smallest absolute Gasteiger partial charge is 0.135 e. The molecule has 7 nitrogen and oxygen atoms in total. The molecule has 0 aliphatic carbocycles. The average molecular weight is 327 g/mol. The van der Waals surface area contributed by atoms with E-state index in [9.17, 15) is 0 Å². The lowest BCUT2D eigenvalue weighted by Gasteiger charge is -2.37. The molecule has 0 saturated carbocycles. The van der Waals surface area contributed by atoms with Gasteiger partial charge < -0.3 is 15.5 Å². The number of aromatic nitrogens is 3. The van der Waals surface area contributed by atoms with Crippen molar-refractivity contribution in [2.24, 2.45) is 0 Å². The van der Waals surface area contributed by atoms with E-state index in [0.29, 0.717) is 6.04 Å². The Hall–Kier alpha value is -2.41. The number of hydrogen-bond donors (Lipinski definition) is 2. The molecule has 24 heavy (non-hydrogen) atoms. The molecule has 0 radical (unpaired) electrons. The fraction of sp³-hybridized carbons (Fsp3) is 0.471. The molecule has 1 aliphatic heterocycles. The second-order valence-electron chi connectivity index (χ2n) is 6.19. The molecule has 1 aliphatic rings. The van der Waals surface area contributed by atoms with Crippen LogP contribution < -0.4 is 15.5 Å². The van der Waals surface area contributed by atoms with Crippen molar-refractivity contribution in [2.75, 3.05) is 48.8 Å². The minimum atomic E-state index is 0.613. The van der Waals surface area contributed by atoms with Gasteiger partial charge in [-0.1, -0.05) is 0 Å². The second kappa shape index (κ2) is 7.44. The van der Waals surface area contributed by atoms with Gasteiger partial charge in [-0.3, -0.25) is 4.90 Å². The van der Waals surface area contributed by atoms with Crippen LogP contribution in [0.1, 0.15) is 13.8 Å². The Morgan fingerprint density at radius 1 is 1.00 bits per heavy atom. The normalized spacial score (nSPS) is 15.6. The zero-order valence-electron chi connectivity index (χ0n) is 14.5. The molecule has 2 aromatic rings. The van der Waals surface area contributed by atoms with Crippen LogP contribution in [0.3, 0.4) is 0 Å². The lowest BCUT2D eigenvalue weighted by molar-refractivity contribution is 0.209. The third kappa shape index (κ3) is 3.91. The molecule has 1 fully saturated rings. The zero-order valence-corrected chi connectivity index (χ0v) is 14.5. The Morgan fingerprint density at radius 3 is 2.38 bits per heavy atom. The van der Waals surface area contributed by atoms with Crippen LogP contribution in [0.15, 0.2) is 30.7 Å². The van der Waals surface area contributed by atoms with E-state index in [1.165, 1.54) is 6.33 Å². The Labute approximate surface area is 143 Å². The van der Waals surface area contributed by atoms with Gasteiger partial charge in [0.25, 0.3) is 0 Å². The van der Waals surface area contributed by atoms with E-state index in [4.69, 9.17) is 0 Å². The zero-order chi connectivity index (χ0) is 16.9. The largest absolute Gasteiger partial charge is 0.373 e. The predicted octanol–water partition coefficient (Wildman–Crippen LogP) is 2.19. The Morgan fingerprint density at radius 2 is 1.75 bits per heavy atom. The fourth-order valence-corrected chi connectivity index (χ4v) is 2.82. The Bertz CT molecular complexity index is 648. The minimum Gasteiger partial charge on any atom is -0.373 e. The van der Waals surface area contributed by atoms with E-state index in [-0.39, 0.29) is 0 Å². The van der Waals surface area contributed by atoms with Crippen molar-refractivity contribution < 1.29 is 0 Å². The maximum Gasteiger partial charge on any atom is 0.135 e. The van der Waals surface area contributed by atoms with Crippen LogP contribution >= 0.6 is 0 Å². The molecular formula is C17H25N7. The van der Waals surface area contributed by atoms with Crippen LogP contribution in [0.5, 0.6) is 0 Å². The van der Waals surface area contributed by atoms with Gasteiger partial charge in [-0.15, -0.1) is 0 Å². The monoisotopic (exact) mass is 327 g/mol. The molecule has 0 bridgehead atoms. The van der Waals surface area contributed by atoms with Crippen molar-refractivity contribution in [1.29, 1.82) is 0 Å². The van der Waals surface area contributed by atoms with Gasteiger partial charge in [-0.2, -0.15) is 0 Å². The second-order valence-corrected chi connectivity index (χ2v) is 6.19. The van der Waals surface area contributed by atoms with Crippen LogP contribution in [0.2, 0.25) is 0 Å². The van der Waals surface area contributed by atoms with Crippen molar-refractivity contribution in [2.45, 2.75) is 19.9 Å². The summed E-state index contributed by atoms with van der Waals surface area (Å²) in [5.74, 6) is 2.55. The van der Waals surface area contributed by atoms with Crippen LogP contribution in [0, 0.1) is 0 Å². The Kier molecular flexibility index (Phi) is 5.10. The maximum absolute atomic E-state index is 4.60. The van der Waals surface area contributed by atoms with E-state index in [2.05, 4.69) is 55.3 Å². The third-order valence-electron chi connectivity index (χ3n) is 4.31. The molecule has 0 spiro atoms. The van der Waals surface area contributed by atoms with Crippen molar-refractivity contribution in [1.82, 2.24) is 19.9 Å². The van der Waals surface area contributed by atoms with Gasteiger partial charge in [0.15, 0.2) is 0 Å². The maximum atomic E-state index is 4.60. The van der Waals surface area contributed by atoms with Crippen molar-refractivity contribution in [3.8, 4) is 0 Å². The number of nitrogens with one attached hydrogen (secondary N) is 2. The van der Waals surface area contributed by atoms with E-state index >= 15 is 0 Å². The number of nitrogens with zero attached hydrogens (tertiary/aromatic N) is 5. The number of hydrogen-bond acceptors (Lipinski definition) is 7. The van der Waals surface area contributed by atoms with E-state index in [1.807, 2.05) is 25.4 Å². The van der Waals surface area contributed by atoms with Gasteiger partial charge in [0.1, 0.15) is 23.8 Å². The van der Waals surface area contributed by atoms with Gasteiger partial charge in [0.2, 0.25) is 0 Å². The van der Waals surface area contributed by atoms with Crippen LogP contribution in [-0.2, 0) is 0 Å². The molecule has 7 heteroatoms. The number of pyridine rings is 1. The fourth-order valence-electron chi connectivity index (χ4n) is 2.82. The summed E-state index contributed by atoms with van der Waals surface area (Å²) in [5.41, 5.74) is 0.917. The summed E-state index contributed by atoms with van der Waals surface area (Å²) in [4.78, 5) is 17.8. The summed E-state index contributed by atoms with van der Waals surface area (Å²) >= 11 is 0. The van der Waals surface area contributed by atoms with Crippen molar-refractivity contribution in [3.63, 3.8) is 0 Å². The first-order valence-electron chi connectivity index (χ1n) is 8.37. The van der Waals surface area contributed by atoms with Crippen LogP contribution in [0.25, 0.3) is 0 Å². The summed E-state index contributed by atoms with van der Waals surface area (Å²) in [6.45, 7) is 8.73. The van der Waals surface area contributed by atoms with Crippen LogP contribution in [-0.4, -0.2) is 59.1 Å². The molecule has 3 heterocycles. The molecule has 0 atom stereocenters. The van der Waals surface area contributed by atoms with Gasteiger partial charge in [-0.05, 0) is 26.0 Å². The number of anilines is 4. The molecule has 2 aromatic heterocycles. The molecule has 3 rings (SSSR count). The molecular weight excluding hydrogens is 302 g/mol. The third-order valence-corrected chi connectivity index (χ3v) is 4.31. The minimum absolute atomic E-state index is 0.613. The number of rotatable bonds is 5. The highest BCUT2D eigenvalue weighted by molar-refractivity contribution is 5.59. The van der Waals surface area contributed by atoms with E-state index in [1.54, 1.807) is 0 Å². The quantitative estimate of drug-likeness (QED) is 0.872.